The van der Waals surface area contributed by atoms with Crippen molar-refractivity contribution in [2.24, 2.45) is 5.92 Å². The van der Waals surface area contributed by atoms with E-state index in [1.807, 2.05) is 6.92 Å². The Morgan fingerprint density at radius 3 is 2.56 bits per heavy atom. The Labute approximate surface area is 101 Å². The minimum absolute atomic E-state index is 0.0557. The van der Waals surface area contributed by atoms with Crippen molar-refractivity contribution < 1.29 is 9.53 Å². The third-order valence-electron chi connectivity index (χ3n) is 3.78. The zero-order valence-electron chi connectivity index (χ0n) is 11.3. The minimum atomic E-state index is -0.116. The second-order valence-corrected chi connectivity index (χ2v) is 6.38. The largest absolute Gasteiger partial charge is 0.469 e. The highest BCUT2D eigenvalue weighted by atomic mass is 28.2. The number of hydrogen-bond acceptors (Lipinski definition) is 4. The van der Waals surface area contributed by atoms with E-state index in [2.05, 4.69) is 30.2 Å². The van der Waals surface area contributed by atoms with E-state index in [1.165, 1.54) is 7.11 Å². The van der Waals surface area contributed by atoms with Crippen molar-refractivity contribution in [2.75, 3.05) is 20.2 Å². The topological polar surface area (TPSA) is 32.8 Å². The normalized spacial score (nSPS) is 28.2. The van der Waals surface area contributed by atoms with Crippen molar-refractivity contribution >= 4 is 16.4 Å². The zero-order chi connectivity index (χ0) is 12.5. The number of carbonyl (C=O) groups is 1. The number of esters is 1. The highest BCUT2D eigenvalue weighted by Gasteiger charge is 2.41. The van der Waals surface area contributed by atoms with Gasteiger partial charge in [0.2, 0.25) is 0 Å². The van der Waals surface area contributed by atoms with Crippen LogP contribution in [0.4, 0.5) is 0 Å². The lowest BCUT2D eigenvalue weighted by atomic mass is 10.1. The van der Waals surface area contributed by atoms with E-state index in [9.17, 15) is 4.79 Å². The van der Waals surface area contributed by atoms with Crippen molar-refractivity contribution in [3.63, 3.8) is 0 Å². The molecule has 1 saturated heterocycles. The van der Waals surface area contributed by atoms with Gasteiger partial charge in [0.25, 0.3) is 0 Å². The molecule has 94 valence electrons. The van der Waals surface area contributed by atoms with Gasteiger partial charge >= 0.3 is 5.97 Å². The van der Waals surface area contributed by atoms with Gasteiger partial charge in [0, 0.05) is 19.1 Å². The van der Waals surface area contributed by atoms with Crippen LogP contribution in [-0.4, -0.2) is 57.7 Å². The molecular weight excluding hydrogens is 220 g/mol. The van der Waals surface area contributed by atoms with E-state index in [1.54, 1.807) is 0 Å². The maximum atomic E-state index is 11.4. The lowest BCUT2D eigenvalue weighted by Crippen LogP contribution is -2.50. The first kappa shape index (κ1) is 13.7. The summed E-state index contributed by atoms with van der Waals surface area (Å²) in [6, 6.07) is 0.514. The van der Waals surface area contributed by atoms with Crippen molar-refractivity contribution in [3.05, 3.63) is 0 Å². The molecule has 0 spiro atoms. The van der Waals surface area contributed by atoms with Crippen molar-refractivity contribution in [2.45, 2.75) is 39.4 Å². The Morgan fingerprint density at radius 2 is 2.19 bits per heavy atom. The van der Waals surface area contributed by atoms with E-state index in [0.717, 1.165) is 23.5 Å². The van der Waals surface area contributed by atoms with Gasteiger partial charge in [0.15, 0.2) is 0 Å². The summed E-state index contributed by atoms with van der Waals surface area (Å²) in [5, 5.41) is 0. The molecule has 1 fully saturated rings. The van der Waals surface area contributed by atoms with Crippen molar-refractivity contribution in [1.82, 2.24) is 9.47 Å². The predicted octanol–water partition coefficient (Wildman–Crippen LogP) is -0.182. The third kappa shape index (κ3) is 2.47. The molecule has 0 aromatic rings. The molecule has 0 amide bonds. The van der Waals surface area contributed by atoms with Crippen molar-refractivity contribution in [1.29, 1.82) is 0 Å². The summed E-state index contributed by atoms with van der Waals surface area (Å²) in [4.78, 5) is 13.8. The average molecular weight is 244 g/mol. The van der Waals surface area contributed by atoms with Crippen LogP contribution in [0.1, 0.15) is 27.7 Å². The quantitative estimate of drug-likeness (QED) is 0.509. The fourth-order valence-electron chi connectivity index (χ4n) is 2.45. The van der Waals surface area contributed by atoms with Crippen LogP contribution in [0.2, 0.25) is 0 Å². The Hall–Kier alpha value is -0.393. The molecular formula is C11H24N2O2Si. The Balaban J connectivity index is 2.69. The molecule has 1 aliphatic heterocycles. The molecule has 2 unspecified atom stereocenters. The van der Waals surface area contributed by atoms with Gasteiger partial charge in [0.05, 0.1) is 29.1 Å². The van der Waals surface area contributed by atoms with Crippen LogP contribution in [0.5, 0.6) is 0 Å². The molecule has 1 aliphatic rings. The first-order valence-corrected chi connectivity index (χ1v) is 6.76. The molecule has 0 saturated carbocycles. The summed E-state index contributed by atoms with van der Waals surface area (Å²) < 4.78 is 7.24. The van der Waals surface area contributed by atoms with Gasteiger partial charge in [-0.25, -0.2) is 0 Å². The Kier molecular flexibility index (Phi) is 4.15. The van der Waals surface area contributed by atoms with Gasteiger partial charge in [-0.2, -0.15) is 0 Å². The second kappa shape index (κ2) is 4.85. The smallest absolute Gasteiger partial charge is 0.309 e. The Morgan fingerprint density at radius 1 is 1.62 bits per heavy atom. The molecule has 2 atom stereocenters. The summed E-state index contributed by atoms with van der Waals surface area (Å²) in [7, 11) is 2.52. The second-order valence-electron chi connectivity index (χ2n) is 5.30. The first-order chi connectivity index (χ1) is 7.30. The molecule has 0 N–H and O–H groups in total. The van der Waals surface area contributed by atoms with Gasteiger partial charge in [-0.3, -0.25) is 9.69 Å². The molecule has 0 bridgehead atoms. The van der Waals surface area contributed by atoms with E-state index < -0.39 is 0 Å². The van der Waals surface area contributed by atoms with Crippen LogP contribution in [0.25, 0.3) is 0 Å². The number of carbonyl (C=O) groups excluding carboxylic acids is 1. The van der Waals surface area contributed by atoms with Crippen LogP contribution in [0.3, 0.4) is 0 Å². The molecule has 0 aromatic carbocycles. The summed E-state index contributed by atoms with van der Waals surface area (Å²) in [5.74, 6) is -0.172. The van der Waals surface area contributed by atoms with Gasteiger partial charge in [-0.1, -0.05) is 6.92 Å². The monoisotopic (exact) mass is 244 g/mol. The Bertz CT molecular complexity index is 271. The van der Waals surface area contributed by atoms with Crippen LogP contribution in [0, 0.1) is 5.92 Å². The molecule has 16 heavy (non-hydrogen) atoms. The highest BCUT2D eigenvalue weighted by molar-refractivity contribution is 6.05. The van der Waals surface area contributed by atoms with Gasteiger partial charge in [0.1, 0.15) is 0 Å². The maximum Gasteiger partial charge on any atom is 0.309 e. The van der Waals surface area contributed by atoms with E-state index >= 15 is 0 Å². The molecule has 4 nitrogen and oxygen atoms in total. The van der Waals surface area contributed by atoms with Gasteiger partial charge < -0.3 is 9.30 Å². The number of ether oxygens (including phenoxy) is 1. The summed E-state index contributed by atoms with van der Waals surface area (Å²) >= 11 is 0. The van der Waals surface area contributed by atoms with Gasteiger partial charge in [-0.05, 0) is 20.8 Å². The first-order valence-electron chi connectivity index (χ1n) is 5.86. The number of hydrogen-bond donors (Lipinski definition) is 0. The lowest BCUT2D eigenvalue weighted by molar-refractivity contribution is -0.146. The zero-order valence-corrected chi connectivity index (χ0v) is 13.3. The minimum Gasteiger partial charge on any atom is -0.469 e. The maximum absolute atomic E-state index is 11.4. The molecule has 0 aromatic heterocycles. The standard InChI is InChI=1S/C11H24N2O2Si/c1-8(10(14)15-5)6-12-9(2)7-13(16)11(12,3)4/h8-9H,6-7H2,1-5,16H3. The lowest BCUT2D eigenvalue weighted by Gasteiger charge is -2.38. The third-order valence-corrected chi connectivity index (χ3v) is 5.24. The number of nitrogens with zero attached hydrogens (tertiary/aromatic N) is 2. The SMILES string of the molecule is COC(=O)C(C)CN1C(C)CN([SiH3])C1(C)C. The fraction of sp³-hybridized carbons (Fsp3) is 0.909. The average Bonchev–Trinajstić information content (AvgIpc) is 2.40. The number of rotatable bonds is 3. The number of methoxy groups -OCH3 is 1. The summed E-state index contributed by atoms with van der Waals surface area (Å²) in [6.07, 6.45) is 0. The van der Waals surface area contributed by atoms with Gasteiger partial charge in [-0.15, -0.1) is 0 Å². The fourth-order valence-corrected chi connectivity index (χ4v) is 3.24. The molecule has 5 heteroatoms. The van der Waals surface area contributed by atoms with Crippen LogP contribution >= 0.6 is 0 Å². The molecule has 1 heterocycles. The van der Waals surface area contributed by atoms with Crippen LogP contribution < -0.4 is 0 Å². The predicted molar refractivity (Wildman–Crippen MR) is 68.1 cm³/mol. The summed E-state index contributed by atoms with van der Waals surface area (Å²) in [6.45, 7) is 10.5. The van der Waals surface area contributed by atoms with Crippen molar-refractivity contribution in [3.8, 4) is 0 Å². The highest BCUT2D eigenvalue weighted by Crippen LogP contribution is 2.29. The molecule has 1 rings (SSSR count). The van der Waals surface area contributed by atoms with Crippen LogP contribution in [0.15, 0.2) is 0 Å². The van der Waals surface area contributed by atoms with E-state index in [0.29, 0.717) is 6.04 Å². The van der Waals surface area contributed by atoms with Crippen LogP contribution in [-0.2, 0) is 9.53 Å². The van der Waals surface area contributed by atoms with E-state index in [-0.39, 0.29) is 17.6 Å². The molecule has 0 aliphatic carbocycles. The summed E-state index contributed by atoms with van der Waals surface area (Å²) in [5.41, 5.74) is 0.0773. The van der Waals surface area contributed by atoms with E-state index in [4.69, 9.17) is 4.74 Å². The molecule has 0 radical (unpaired) electrons.